The Labute approximate surface area is 539 Å². The molecule has 10 aromatic rings. The summed E-state index contributed by atoms with van der Waals surface area (Å²) in [5.74, 6) is -3.33. The fraction of sp³-hybridized carbons (Fsp3) is 0.0923. The van der Waals surface area contributed by atoms with Crippen molar-refractivity contribution in [3.05, 3.63) is 277 Å². The van der Waals surface area contributed by atoms with Crippen LogP contribution >= 0.6 is 0 Å². The van der Waals surface area contributed by atoms with Crippen LogP contribution in [-0.4, -0.2) is 50.0 Å². The number of para-hydroxylation sites is 2. The van der Waals surface area contributed by atoms with E-state index in [0.29, 0.717) is 17.0 Å². The molecule has 19 heteroatoms. The Bertz CT molecular complexity index is 3590. The van der Waals surface area contributed by atoms with Gasteiger partial charge in [-0.3, -0.25) is 31.1 Å². The Balaban J connectivity index is 0.000000371. The number of benzene rings is 6. The van der Waals surface area contributed by atoms with Gasteiger partial charge in [-0.15, -0.1) is 83.9 Å². The minimum atomic E-state index is -0.720. The van der Waals surface area contributed by atoms with E-state index in [0.717, 1.165) is 75.1 Å². The van der Waals surface area contributed by atoms with E-state index >= 15 is 0 Å². The molecule has 0 aliphatic rings. The first kappa shape index (κ1) is 73.0. The predicted octanol–water partition coefficient (Wildman–Crippen LogP) is 15.4. The molecule has 0 aliphatic heterocycles. The number of carbonyl (C=O) groups excluding carboxylic acids is 1. The molecular weight excluding hydrogens is 1800 g/mol. The summed E-state index contributed by atoms with van der Waals surface area (Å²) in [4.78, 5) is 30.8. The van der Waals surface area contributed by atoms with E-state index in [2.05, 4.69) is 73.4 Å². The van der Waals surface area contributed by atoms with Gasteiger partial charge >= 0.3 is 0 Å². The summed E-state index contributed by atoms with van der Waals surface area (Å²) in [5, 5.41) is 17.3. The van der Waals surface area contributed by atoms with Crippen LogP contribution in [0.4, 0.5) is 49.1 Å². The first-order valence-electron chi connectivity index (χ1n) is 24.4. The maximum Gasteiger partial charge on any atom is 0.155 e. The number of ketones is 1. The number of aliphatic hydroxyl groups is 2. The van der Waals surface area contributed by atoms with Crippen LogP contribution in [0.2, 0.25) is 0 Å². The smallest absolute Gasteiger partial charge is 0.155 e. The number of aryl methyl sites for hydroxylation is 1. The predicted molar refractivity (Wildman–Crippen MR) is 301 cm³/mol. The number of carbonyl (C=O) groups is 1. The summed E-state index contributed by atoms with van der Waals surface area (Å²) in [6.07, 6.45) is 7.71. The molecule has 2 N–H and O–H groups in total. The van der Waals surface area contributed by atoms with E-state index in [9.17, 15) is 31.1 Å². The fourth-order valence-electron chi connectivity index (χ4n) is 7.24. The molecule has 0 saturated heterocycles. The number of pyridine rings is 4. The number of nitrogens with zero attached hydrogens (tertiary/aromatic N) is 6. The Hall–Kier alpha value is -7.13. The molecule has 9 nitrogen and oxygen atoms in total. The number of hydrogen-bond donors (Lipinski definition) is 2. The maximum absolute atomic E-state index is 13.4. The van der Waals surface area contributed by atoms with E-state index in [4.69, 9.17) is 10.2 Å². The summed E-state index contributed by atoms with van der Waals surface area (Å²) in [5.41, 5.74) is 9.91. The van der Waals surface area contributed by atoms with Crippen molar-refractivity contribution >= 4 is 28.5 Å². The quantitative estimate of drug-likeness (QED) is 0.0598. The topological polar surface area (TPSA) is 116 Å². The average Bonchev–Trinajstić information content (AvgIpc) is 3.48. The van der Waals surface area contributed by atoms with E-state index in [1.54, 1.807) is 42.9 Å². The molecule has 0 spiro atoms. The third-order valence-corrected chi connectivity index (χ3v) is 11.0. The van der Waals surface area contributed by atoms with Crippen LogP contribution < -0.4 is 9.80 Å². The molecule has 10 rings (SSSR count). The molecule has 4 heterocycles. The summed E-state index contributed by atoms with van der Waals surface area (Å²) in [7, 11) is 3.93. The Morgan fingerprint density at radius 3 is 1.30 bits per heavy atom. The van der Waals surface area contributed by atoms with Gasteiger partial charge in [0, 0.05) is 183 Å². The zero-order valence-electron chi connectivity index (χ0n) is 45.3. The molecule has 4 radical (unpaired) electrons. The van der Waals surface area contributed by atoms with Gasteiger partial charge in [0.05, 0.1) is 12.4 Å². The van der Waals surface area contributed by atoms with Crippen LogP contribution in [0.15, 0.2) is 206 Å². The van der Waals surface area contributed by atoms with Gasteiger partial charge < -0.3 is 39.9 Å². The normalized spacial score (nSPS) is 9.98. The van der Waals surface area contributed by atoms with Gasteiger partial charge in [-0.2, -0.15) is 0 Å². The Morgan fingerprint density at radius 1 is 0.488 bits per heavy atom. The molecule has 0 fully saturated rings. The largest absolute Gasteiger partial charge is 0.512 e. The van der Waals surface area contributed by atoms with E-state index in [1.165, 1.54) is 56.5 Å². The second-order valence-corrected chi connectivity index (χ2v) is 17.4. The molecule has 0 atom stereocenters. The molecule has 84 heavy (non-hydrogen) atoms. The van der Waals surface area contributed by atoms with E-state index < -0.39 is 23.3 Å². The number of allylic oxidation sites excluding steroid dienone is 2. The van der Waals surface area contributed by atoms with Crippen molar-refractivity contribution < 1.29 is 122 Å². The molecular formula is C65H52F6Ir4N6O3-4. The Kier molecular flexibility index (Phi) is 32.3. The molecule has 0 unspecified atom stereocenters. The number of aromatic nitrogens is 4. The summed E-state index contributed by atoms with van der Waals surface area (Å²) in [6.45, 7) is 4.58. The third kappa shape index (κ3) is 23.1. The van der Waals surface area contributed by atoms with Crippen LogP contribution in [0.1, 0.15) is 25.0 Å². The minimum absolute atomic E-state index is 0. The van der Waals surface area contributed by atoms with Gasteiger partial charge in [0.25, 0.3) is 0 Å². The minimum Gasteiger partial charge on any atom is -0.512 e. The Morgan fingerprint density at radius 2 is 0.905 bits per heavy atom. The van der Waals surface area contributed by atoms with Crippen LogP contribution in [0, 0.1) is 66.1 Å². The van der Waals surface area contributed by atoms with Gasteiger partial charge in [0.15, 0.2) is 5.78 Å². The first-order valence-corrected chi connectivity index (χ1v) is 24.4. The molecule has 0 bridgehead atoms. The van der Waals surface area contributed by atoms with Crippen LogP contribution in [-0.2, 0) is 91.8 Å². The average molecular weight is 1850 g/mol. The van der Waals surface area contributed by atoms with Crippen molar-refractivity contribution in [1.29, 1.82) is 0 Å². The summed E-state index contributed by atoms with van der Waals surface area (Å²) in [6, 6.07) is 58.3. The summed E-state index contributed by atoms with van der Waals surface area (Å²) < 4.78 is 78.0. The standard InChI is InChI=1S/C23H16FN2.C13H12FN2.C12H8F2NO.C12H8F2N.C5H8O2.4Ir/c24-19-13-11-18(12-14-19)23-17-22(15-16-25-23)26(20-7-3-1-4-8-20)21-9-5-2-6-10-21;1-16(2)12-7-8-15-13(9-12)10-3-5-11(14)6-4-10;13-9-1-2-10(11(14)6-9)12-5-8(7-16)3-4-15-12;1-8-4-5-15-12(6-8)10-3-2-9(13)7-11(10)14;1-4(6)3-5(2)7;;;;/h1-11,13-17H;3,5-9H,1-2H3;1,3-6,16H,7H2;2,4-7H,1H3;3,6H,1-2H3;;;;/q4*-1;;;;;. The van der Waals surface area contributed by atoms with Crippen molar-refractivity contribution in [1.82, 2.24) is 19.9 Å². The van der Waals surface area contributed by atoms with Crippen LogP contribution in [0.5, 0.6) is 0 Å². The van der Waals surface area contributed by atoms with Gasteiger partial charge in [-0.25, -0.2) is 0 Å². The van der Waals surface area contributed by atoms with Crippen LogP contribution in [0.3, 0.4) is 0 Å². The number of anilines is 4. The van der Waals surface area contributed by atoms with Crippen molar-refractivity contribution in [2.45, 2.75) is 27.4 Å². The van der Waals surface area contributed by atoms with Gasteiger partial charge in [0.1, 0.15) is 0 Å². The first-order chi connectivity index (χ1) is 38.5. The number of halogens is 6. The van der Waals surface area contributed by atoms with Crippen molar-refractivity contribution in [2.24, 2.45) is 0 Å². The molecule has 6 aromatic carbocycles. The molecule has 442 valence electrons. The zero-order valence-corrected chi connectivity index (χ0v) is 54.9. The maximum atomic E-state index is 13.4. The second kappa shape index (κ2) is 37.2. The second-order valence-electron chi connectivity index (χ2n) is 17.4. The van der Waals surface area contributed by atoms with Crippen LogP contribution in [0.25, 0.3) is 45.0 Å². The zero-order chi connectivity index (χ0) is 57.6. The fourth-order valence-corrected chi connectivity index (χ4v) is 7.24. The number of rotatable bonds is 10. The molecule has 0 aliphatic carbocycles. The van der Waals surface area contributed by atoms with Gasteiger partial charge in [0.2, 0.25) is 0 Å². The monoisotopic (exact) mass is 1850 g/mol. The van der Waals surface area contributed by atoms with E-state index in [1.807, 2.05) is 92.6 Å². The van der Waals surface area contributed by atoms with Gasteiger partial charge in [-0.05, 0) is 97.6 Å². The van der Waals surface area contributed by atoms with Gasteiger partial charge in [-0.1, -0.05) is 89.5 Å². The van der Waals surface area contributed by atoms with Crippen molar-refractivity contribution in [3.63, 3.8) is 0 Å². The summed E-state index contributed by atoms with van der Waals surface area (Å²) >= 11 is 0. The van der Waals surface area contributed by atoms with Crippen molar-refractivity contribution in [3.8, 4) is 45.0 Å². The SMILES string of the molecule is CC(=O)C=C(C)O.CN(C)c1ccnc(-c2[c-]cc(F)cc2)c1.Cc1ccnc(-c2[c-]cc(F)cc2F)c1.Fc1c[c-]c(-c2cc(N(c3ccccc3)c3ccccc3)ccn2)cc1.OCc1ccnc(-c2[c-]cc(F)cc2F)c1.[Ir].[Ir].[Ir].[Ir]. The molecule has 4 aromatic heterocycles. The molecule has 0 amide bonds. The molecule has 0 saturated carbocycles. The third-order valence-electron chi connectivity index (χ3n) is 11.0. The number of aliphatic hydroxyl groups excluding tert-OH is 2. The van der Waals surface area contributed by atoms with E-state index in [-0.39, 0.29) is 121 Å². The van der Waals surface area contributed by atoms with Crippen molar-refractivity contribution in [2.75, 3.05) is 23.9 Å². The number of hydrogen-bond acceptors (Lipinski definition) is 9.